The maximum absolute atomic E-state index is 10.8. The van der Waals surface area contributed by atoms with Gasteiger partial charge >= 0.3 is 0 Å². The Hall–Kier alpha value is -0.770. The summed E-state index contributed by atoms with van der Waals surface area (Å²) in [5, 5.41) is -0.162. The summed E-state index contributed by atoms with van der Waals surface area (Å²) in [7, 11) is 0. The van der Waals surface area contributed by atoms with Gasteiger partial charge in [0.15, 0.2) is 0 Å². The van der Waals surface area contributed by atoms with Crippen LogP contribution in [0.25, 0.3) is 0 Å². The fourth-order valence-electron chi connectivity index (χ4n) is 0.687. The van der Waals surface area contributed by atoms with Crippen LogP contribution in [-0.4, -0.2) is 28.3 Å². The molecule has 1 fully saturated rings. The van der Waals surface area contributed by atoms with Gasteiger partial charge in [0.05, 0.1) is 5.75 Å². The van der Waals surface area contributed by atoms with Gasteiger partial charge in [-0.2, -0.15) is 0 Å². The highest BCUT2D eigenvalue weighted by atomic mass is 32.2. The van der Waals surface area contributed by atoms with Crippen molar-refractivity contribution in [1.29, 1.82) is 0 Å². The molecule has 2 amide bonds. The zero-order chi connectivity index (χ0) is 7.56. The Morgan fingerprint density at radius 2 is 2.40 bits per heavy atom. The predicted molar refractivity (Wildman–Crippen MR) is 39.8 cm³/mol. The van der Waals surface area contributed by atoms with Gasteiger partial charge in [-0.25, -0.2) is 0 Å². The molecule has 3 nitrogen and oxygen atoms in total. The molecule has 0 aliphatic carbocycles. The van der Waals surface area contributed by atoms with E-state index in [1.165, 1.54) is 4.90 Å². The summed E-state index contributed by atoms with van der Waals surface area (Å²) in [6.45, 7) is 3.78. The highest BCUT2D eigenvalue weighted by Crippen LogP contribution is 2.17. The van der Waals surface area contributed by atoms with Gasteiger partial charge < -0.3 is 0 Å². The fraction of sp³-hybridized carbons (Fsp3) is 0.333. The van der Waals surface area contributed by atoms with E-state index in [4.69, 9.17) is 0 Å². The van der Waals surface area contributed by atoms with Crippen molar-refractivity contribution >= 4 is 22.9 Å². The topological polar surface area (TPSA) is 37.4 Å². The Balaban J connectivity index is 2.62. The number of hydrogen-bond acceptors (Lipinski definition) is 3. The molecule has 1 rings (SSSR count). The number of carbonyl (C=O) groups excluding carboxylic acids is 2. The van der Waals surface area contributed by atoms with E-state index >= 15 is 0 Å². The summed E-state index contributed by atoms with van der Waals surface area (Å²) in [4.78, 5) is 22.8. The molecule has 0 aromatic carbocycles. The Labute approximate surface area is 63.1 Å². The van der Waals surface area contributed by atoms with Crippen molar-refractivity contribution in [3.63, 3.8) is 0 Å². The van der Waals surface area contributed by atoms with Gasteiger partial charge in [-0.3, -0.25) is 14.5 Å². The molecule has 54 valence electrons. The molecule has 0 aromatic heterocycles. The monoisotopic (exact) mass is 157 g/mol. The fourth-order valence-corrected chi connectivity index (χ4v) is 1.42. The van der Waals surface area contributed by atoms with E-state index in [9.17, 15) is 9.59 Å². The average molecular weight is 157 g/mol. The third-order valence-electron chi connectivity index (χ3n) is 1.15. The molecule has 1 saturated heterocycles. The van der Waals surface area contributed by atoms with Crippen LogP contribution in [0.3, 0.4) is 0 Å². The second kappa shape index (κ2) is 2.88. The van der Waals surface area contributed by atoms with Crippen LogP contribution in [-0.2, 0) is 4.79 Å². The minimum absolute atomic E-state index is 0.116. The average Bonchev–Trinajstić information content (AvgIpc) is 2.20. The normalized spacial score (nSPS) is 18.2. The third kappa shape index (κ3) is 1.21. The Bertz CT molecular complexity index is 174. The van der Waals surface area contributed by atoms with Crippen LogP contribution in [0.5, 0.6) is 0 Å². The van der Waals surface area contributed by atoms with E-state index in [1.807, 2.05) is 0 Å². The molecule has 4 heteroatoms. The van der Waals surface area contributed by atoms with Crippen LogP contribution in [0.15, 0.2) is 12.7 Å². The highest BCUT2D eigenvalue weighted by Gasteiger charge is 2.28. The molecule has 0 saturated carbocycles. The lowest BCUT2D eigenvalue weighted by Gasteiger charge is -2.07. The van der Waals surface area contributed by atoms with Crippen molar-refractivity contribution in [3.8, 4) is 0 Å². The Morgan fingerprint density at radius 3 is 2.80 bits per heavy atom. The van der Waals surface area contributed by atoms with E-state index in [0.717, 1.165) is 11.8 Å². The molecular formula is C6H7NO2S. The van der Waals surface area contributed by atoms with E-state index in [2.05, 4.69) is 6.58 Å². The van der Waals surface area contributed by atoms with E-state index in [1.54, 1.807) is 6.08 Å². The molecule has 1 heterocycles. The minimum atomic E-state index is -0.162. The van der Waals surface area contributed by atoms with E-state index < -0.39 is 0 Å². The van der Waals surface area contributed by atoms with Crippen LogP contribution in [0, 0.1) is 0 Å². The summed E-state index contributed by atoms with van der Waals surface area (Å²) < 4.78 is 0. The van der Waals surface area contributed by atoms with Gasteiger partial charge in [-0.1, -0.05) is 17.8 Å². The lowest BCUT2D eigenvalue weighted by molar-refractivity contribution is -0.124. The van der Waals surface area contributed by atoms with Crippen LogP contribution in [0.4, 0.5) is 4.79 Å². The molecule has 10 heavy (non-hydrogen) atoms. The van der Waals surface area contributed by atoms with E-state index in [-0.39, 0.29) is 16.9 Å². The first-order valence-electron chi connectivity index (χ1n) is 2.83. The Morgan fingerprint density at radius 1 is 1.70 bits per heavy atom. The standard InChI is InChI=1S/C6H7NO2S/c1-2-3-7-5(8)4-10-6(7)9/h2H,1,3-4H2. The predicted octanol–water partition coefficient (Wildman–Crippen LogP) is 0.868. The second-order valence-electron chi connectivity index (χ2n) is 1.85. The summed E-state index contributed by atoms with van der Waals surface area (Å²) in [5.74, 6) is 0.169. The SMILES string of the molecule is C=CCN1C(=O)CSC1=O. The first-order valence-corrected chi connectivity index (χ1v) is 3.82. The highest BCUT2D eigenvalue weighted by molar-refractivity contribution is 8.14. The van der Waals surface area contributed by atoms with Gasteiger partial charge in [0.2, 0.25) is 5.91 Å². The molecule has 0 aromatic rings. The number of nitrogens with zero attached hydrogens (tertiary/aromatic N) is 1. The van der Waals surface area contributed by atoms with Crippen molar-refractivity contribution in [1.82, 2.24) is 4.90 Å². The minimum Gasteiger partial charge on any atom is -0.273 e. The molecule has 0 radical (unpaired) electrons. The number of carbonyl (C=O) groups is 2. The number of amides is 2. The van der Waals surface area contributed by atoms with Gasteiger partial charge in [0.1, 0.15) is 0 Å². The summed E-state index contributed by atoms with van der Waals surface area (Å²) in [6, 6.07) is 0. The molecular weight excluding hydrogens is 150 g/mol. The largest absolute Gasteiger partial charge is 0.289 e. The number of imide groups is 1. The number of hydrogen-bond donors (Lipinski definition) is 0. The lowest BCUT2D eigenvalue weighted by atomic mass is 10.5. The van der Waals surface area contributed by atoms with E-state index in [0.29, 0.717) is 6.54 Å². The lowest BCUT2D eigenvalue weighted by Crippen LogP contribution is -2.28. The summed E-state index contributed by atoms with van der Waals surface area (Å²) in [6.07, 6.45) is 1.54. The molecule has 1 aliphatic heterocycles. The molecule has 0 bridgehead atoms. The van der Waals surface area contributed by atoms with Crippen LogP contribution in [0.1, 0.15) is 0 Å². The van der Waals surface area contributed by atoms with Gasteiger partial charge in [0, 0.05) is 6.54 Å². The first-order chi connectivity index (χ1) is 4.75. The van der Waals surface area contributed by atoms with Gasteiger partial charge in [0.25, 0.3) is 5.24 Å². The number of rotatable bonds is 2. The molecule has 0 spiro atoms. The first kappa shape index (κ1) is 7.34. The zero-order valence-corrected chi connectivity index (χ0v) is 6.19. The van der Waals surface area contributed by atoms with Crippen molar-refractivity contribution in [2.45, 2.75) is 0 Å². The van der Waals surface area contributed by atoms with Gasteiger partial charge in [-0.15, -0.1) is 6.58 Å². The van der Waals surface area contributed by atoms with Crippen molar-refractivity contribution in [2.24, 2.45) is 0 Å². The van der Waals surface area contributed by atoms with Gasteiger partial charge in [-0.05, 0) is 0 Å². The third-order valence-corrected chi connectivity index (χ3v) is 2.01. The smallest absolute Gasteiger partial charge is 0.273 e. The second-order valence-corrected chi connectivity index (χ2v) is 2.77. The summed E-state index contributed by atoms with van der Waals surface area (Å²) >= 11 is 1.04. The maximum Gasteiger partial charge on any atom is 0.289 e. The summed E-state index contributed by atoms with van der Waals surface area (Å²) in [5.41, 5.74) is 0. The molecule has 0 unspecified atom stereocenters. The Kier molecular flexibility index (Phi) is 2.11. The zero-order valence-electron chi connectivity index (χ0n) is 5.37. The van der Waals surface area contributed by atoms with Crippen molar-refractivity contribution in [2.75, 3.05) is 12.3 Å². The molecule has 1 aliphatic rings. The van der Waals surface area contributed by atoms with Crippen LogP contribution < -0.4 is 0 Å². The van der Waals surface area contributed by atoms with Crippen molar-refractivity contribution in [3.05, 3.63) is 12.7 Å². The maximum atomic E-state index is 10.8. The molecule has 0 N–H and O–H groups in total. The number of thioether (sulfide) groups is 1. The van der Waals surface area contributed by atoms with Crippen LogP contribution in [0.2, 0.25) is 0 Å². The quantitative estimate of drug-likeness (QED) is 0.558. The molecule has 0 atom stereocenters. The van der Waals surface area contributed by atoms with Crippen LogP contribution >= 0.6 is 11.8 Å². The van der Waals surface area contributed by atoms with Crippen molar-refractivity contribution < 1.29 is 9.59 Å².